The third-order valence-corrected chi connectivity index (χ3v) is 3.30. The summed E-state index contributed by atoms with van der Waals surface area (Å²) in [5.74, 6) is -0.119. The van der Waals surface area contributed by atoms with E-state index in [4.69, 9.17) is 5.26 Å². The fourth-order valence-corrected chi connectivity index (χ4v) is 2.25. The number of phenols is 2. The Balaban J connectivity index is 2.10. The lowest BCUT2D eigenvalue weighted by molar-refractivity contribution is 0.444. The number of hydrogen-bond acceptors (Lipinski definition) is 4. The lowest BCUT2D eigenvalue weighted by Crippen LogP contribution is -2.17. The zero-order valence-corrected chi connectivity index (χ0v) is 10.9. The van der Waals surface area contributed by atoms with E-state index >= 15 is 0 Å². The van der Waals surface area contributed by atoms with E-state index in [9.17, 15) is 15.0 Å². The number of nitrogens with one attached hydrogen (secondary N) is 1. The molecular formula is C15H11N3O3. The summed E-state index contributed by atoms with van der Waals surface area (Å²) in [6.45, 7) is 0.164. The van der Waals surface area contributed by atoms with Gasteiger partial charge in [0, 0.05) is 11.6 Å². The third kappa shape index (κ3) is 2.21. The number of imidazole rings is 1. The molecule has 3 aromatic rings. The van der Waals surface area contributed by atoms with Gasteiger partial charge in [0.15, 0.2) is 0 Å². The van der Waals surface area contributed by atoms with Gasteiger partial charge >= 0.3 is 5.69 Å². The fraction of sp³-hybridized carbons (Fsp3) is 0.0667. The van der Waals surface area contributed by atoms with Crippen LogP contribution in [0.4, 0.5) is 0 Å². The third-order valence-electron chi connectivity index (χ3n) is 3.30. The van der Waals surface area contributed by atoms with Crippen molar-refractivity contribution in [3.8, 4) is 17.6 Å². The van der Waals surface area contributed by atoms with E-state index in [2.05, 4.69) is 4.98 Å². The van der Waals surface area contributed by atoms with Crippen LogP contribution >= 0.6 is 0 Å². The van der Waals surface area contributed by atoms with E-state index < -0.39 is 0 Å². The van der Waals surface area contributed by atoms with Crippen LogP contribution < -0.4 is 5.69 Å². The number of fused-ring (bicyclic) bond motifs is 1. The second-order valence-corrected chi connectivity index (χ2v) is 4.67. The average molecular weight is 281 g/mol. The Morgan fingerprint density at radius 2 is 2.00 bits per heavy atom. The van der Waals surface area contributed by atoms with Gasteiger partial charge < -0.3 is 15.2 Å². The fourth-order valence-electron chi connectivity index (χ4n) is 2.25. The molecule has 6 heteroatoms. The molecule has 0 saturated heterocycles. The molecule has 0 amide bonds. The van der Waals surface area contributed by atoms with E-state index in [0.717, 1.165) is 0 Å². The first-order chi connectivity index (χ1) is 10.1. The van der Waals surface area contributed by atoms with Crippen molar-refractivity contribution in [1.82, 2.24) is 9.55 Å². The summed E-state index contributed by atoms with van der Waals surface area (Å²) < 4.78 is 1.46. The molecule has 104 valence electrons. The predicted molar refractivity (Wildman–Crippen MR) is 76.1 cm³/mol. The molecule has 0 unspecified atom stereocenters. The molecule has 0 saturated carbocycles. The van der Waals surface area contributed by atoms with E-state index in [0.29, 0.717) is 22.2 Å². The highest BCUT2D eigenvalue weighted by Crippen LogP contribution is 2.24. The van der Waals surface area contributed by atoms with Crippen molar-refractivity contribution in [2.75, 3.05) is 0 Å². The number of rotatable bonds is 2. The zero-order chi connectivity index (χ0) is 15.0. The maximum atomic E-state index is 12.0. The van der Waals surface area contributed by atoms with Gasteiger partial charge in [0.25, 0.3) is 0 Å². The second-order valence-electron chi connectivity index (χ2n) is 4.67. The van der Waals surface area contributed by atoms with Crippen LogP contribution in [0.3, 0.4) is 0 Å². The molecule has 3 rings (SSSR count). The van der Waals surface area contributed by atoms with Gasteiger partial charge in [-0.15, -0.1) is 0 Å². The lowest BCUT2D eigenvalue weighted by Gasteiger charge is -2.06. The van der Waals surface area contributed by atoms with Gasteiger partial charge in [-0.2, -0.15) is 5.26 Å². The van der Waals surface area contributed by atoms with Crippen molar-refractivity contribution in [3.63, 3.8) is 0 Å². The highest BCUT2D eigenvalue weighted by Gasteiger charge is 2.10. The minimum Gasteiger partial charge on any atom is -0.508 e. The molecule has 6 nitrogen and oxygen atoms in total. The molecule has 0 spiro atoms. The van der Waals surface area contributed by atoms with Gasteiger partial charge in [-0.3, -0.25) is 4.57 Å². The Bertz CT molecular complexity index is 931. The number of phenolic OH excluding ortho intramolecular Hbond substituents is 2. The van der Waals surface area contributed by atoms with Crippen molar-refractivity contribution < 1.29 is 10.2 Å². The zero-order valence-electron chi connectivity index (χ0n) is 10.9. The average Bonchev–Trinajstić information content (AvgIpc) is 2.77. The smallest absolute Gasteiger partial charge is 0.326 e. The van der Waals surface area contributed by atoms with Crippen LogP contribution in [0.2, 0.25) is 0 Å². The molecule has 2 aromatic carbocycles. The summed E-state index contributed by atoms with van der Waals surface area (Å²) in [4.78, 5) is 14.7. The minimum absolute atomic E-state index is 0.0406. The standard InChI is InChI=1S/C15H11N3O3/c16-7-9-1-4-13-12(5-9)17-15(21)18(13)8-10-2-3-11(19)6-14(10)20/h1-6,19-20H,8H2,(H,17,21). The van der Waals surface area contributed by atoms with Crippen LogP contribution in [0.25, 0.3) is 11.0 Å². The topological polar surface area (TPSA) is 102 Å². The van der Waals surface area contributed by atoms with Gasteiger partial charge in [-0.1, -0.05) is 0 Å². The van der Waals surface area contributed by atoms with Gasteiger partial charge in [0.1, 0.15) is 11.5 Å². The van der Waals surface area contributed by atoms with Crippen LogP contribution in [0.5, 0.6) is 11.5 Å². The van der Waals surface area contributed by atoms with Gasteiger partial charge in [0.2, 0.25) is 0 Å². The van der Waals surface area contributed by atoms with Gasteiger partial charge in [0.05, 0.1) is 29.2 Å². The van der Waals surface area contributed by atoms with Crippen LogP contribution in [0, 0.1) is 11.3 Å². The van der Waals surface area contributed by atoms with E-state index in [1.165, 1.54) is 16.7 Å². The molecule has 0 bridgehead atoms. The summed E-state index contributed by atoms with van der Waals surface area (Å²) in [5.41, 5.74) is 1.86. The summed E-state index contributed by atoms with van der Waals surface area (Å²) >= 11 is 0. The van der Waals surface area contributed by atoms with Crippen LogP contribution in [0.15, 0.2) is 41.2 Å². The second kappa shape index (κ2) is 4.72. The maximum absolute atomic E-state index is 12.0. The SMILES string of the molecule is N#Cc1ccc2c(c1)[nH]c(=O)n2Cc1ccc(O)cc1O. The number of nitriles is 1. The molecule has 1 heterocycles. The van der Waals surface area contributed by atoms with Crippen molar-refractivity contribution in [1.29, 1.82) is 5.26 Å². The molecule has 0 radical (unpaired) electrons. The highest BCUT2D eigenvalue weighted by molar-refractivity contribution is 5.77. The first-order valence-electron chi connectivity index (χ1n) is 6.22. The first-order valence-corrected chi connectivity index (χ1v) is 6.22. The summed E-state index contributed by atoms with van der Waals surface area (Å²) in [6.07, 6.45) is 0. The summed E-state index contributed by atoms with van der Waals surface area (Å²) in [6, 6.07) is 11.2. The van der Waals surface area contributed by atoms with Gasteiger partial charge in [-0.25, -0.2) is 4.79 Å². The van der Waals surface area contributed by atoms with Crippen molar-refractivity contribution in [2.24, 2.45) is 0 Å². The molecule has 0 atom stereocenters. The maximum Gasteiger partial charge on any atom is 0.326 e. The Labute approximate surface area is 119 Å². The number of aromatic nitrogens is 2. The molecule has 21 heavy (non-hydrogen) atoms. The first kappa shape index (κ1) is 12.8. The number of aromatic hydroxyl groups is 2. The molecule has 3 N–H and O–H groups in total. The number of nitrogens with zero attached hydrogens (tertiary/aromatic N) is 2. The quantitative estimate of drug-likeness (QED) is 0.664. The molecule has 0 aliphatic rings. The molecular weight excluding hydrogens is 270 g/mol. The number of benzene rings is 2. The summed E-state index contributed by atoms with van der Waals surface area (Å²) in [7, 11) is 0. The van der Waals surface area contributed by atoms with Crippen LogP contribution in [-0.2, 0) is 6.54 Å². The number of H-pyrrole nitrogens is 1. The predicted octanol–water partition coefficient (Wildman–Crippen LogP) is 1.66. The Hall–Kier alpha value is -3.20. The van der Waals surface area contributed by atoms with Crippen LogP contribution in [-0.4, -0.2) is 19.8 Å². The Morgan fingerprint density at radius 1 is 1.19 bits per heavy atom. The lowest BCUT2D eigenvalue weighted by atomic mass is 10.2. The Kier molecular flexibility index (Phi) is 2.88. The van der Waals surface area contributed by atoms with E-state index in [1.54, 1.807) is 24.3 Å². The number of aromatic amines is 1. The minimum atomic E-state index is -0.326. The highest BCUT2D eigenvalue weighted by atomic mass is 16.3. The van der Waals surface area contributed by atoms with Crippen molar-refractivity contribution >= 4 is 11.0 Å². The molecule has 1 aromatic heterocycles. The van der Waals surface area contributed by atoms with Gasteiger partial charge in [-0.05, 0) is 30.3 Å². The van der Waals surface area contributed by atoms with E-state index in [1.807, 2.05) is 6.07 Å². The normalized spacial score (nSPS) is 10.6. The summed E-state index contributed by atoms with van der Waals surface area (Å²) in [5, 5.41) is 28.0. The van der Waals surface area contributed by atoms with E-state index in [-0.39, 0.29) is 23.7 Å². The number of hydrogen-bond donors (Lipinski definition) is 3. The molecule has 0 aliphatic heterocycles. The molecule has 0 fully saturated rings. The largest absolute Gasteiger partial charge is 0.508 e. The Morgan fingerprint density at radius 3 is 2.71 bits per heavy atom. The van der Waals surface area contributed by atoms with Crippen LogP contribution in [0.1, 0.15) is 11.1 Å². The molecule has 0 aliphatic carbocycles. The van der Waals surface area contributed by atoms with Crippen molar-refractivity contribution in [3.05, 3.63) is 58.0 Å². The monoisotopic (exact) mass is 281 g/mol. The van der Waals surface area contributed by atoms with Crippen molar-refractivity contribution in [2.45, 2.75) is 6.54 Å².